The Hall–Kier alpha value is -2.53. The van der Waals surface area contributed by atoms with Gasteiger partial charge in [-0.25, -0.2) is 4.79 Å². The molecule has 1 aliphatic rings. The summed E-state index contributed by atoms with van der Waals surface area (Å²) in [5.41, 5.74) is 2.83. The molecule has 2 aromatic rings. The highest BCUT2D eigenvalue weighted by atomic mass is 16.5. The molecule has 0 spiro atoms. The molecule has 1 saturated heterocycles. The number of anilines is 1. The minimum atomic E-state index is -0.0261. The first-order valence-electron chi connectivity index (χ1n) is 9.69. The lowest BCUT2D eigenvalue weighted by atomic mass is 10.0. The lowest BCUT2D eigenvalue weighted by molar-refractivity contribution is 0.202. The number of carbonyl (C=O) groups is 1. The van der Waals surface area contributed by atoms with Gasteiger partial charge in [-0.15, -0.1) is 0 Å². The second-order valence-electron chi connectivity index (χ2n) is 6.82. The Kier molecular flexibility index (Phi) is 6.35. The van der Waals surface area contributed by atoms with E-state index in [1.807, 2.05) is 53.4 Å². The fourth-order valence-corrected chi connectivity index (χ4v) is 3.81. The van der Waals surface area contributed by atoms with Crippen LogP contribution >= 0.6 is 0 Å². The fraction of sp³-hybridized carbons (Fsp3) is 0.409. The predicted molar refractivity (Wildman–Crippen MR) is 110 cm³/mol. The first kappa shape index (κ1) is 19.2. The van der Waals surface area contributed by atoms with Crippen molar-refractivity contribution < 1.29 is 9.53 Å². The van der Waals surface area contributed by atoms with Crippen molar-refractivity contribution in [3.8, 4) is 16.9 Å². The maximum absolute atomic E-state index is 12.7. The van der Waals surface area contributed by atoms with Gasteiger partial charge >= 0.3 is 6.03 Å². The van der Waals surface area contributed by atoms with Crippen LogP contribution in [-0.4, -0.2) is 55.2 Å². The number of methoxy groups -OCH3 is 1. The summed E-state index contributed by atoms with van der Waals surface area (Å²) in [7, 11) is 1.67. The summed E-state index contributed by atoms with van der Waals surface area (Å²) in [6.45, 7) is 8.00. The molecule has 1 atom stereocenters. The standard InChI is InChI=1S/C22H29N3O2/c1-4-24(5-2)19-13-14-25(16-19)22(26)23-18-10-8-9-17(15-18)20-11-6-7-12-21(20)27-3/h6-12,15,19H,4-5,13-14,16H2,1-3H3,(H,23,26)/t19-/m1/s1. The molecular weight excluding hydrogens is 338 g/mol. The van der Waals surface area contributed by atoms with Crippen molar-refractivity contribution in [2.75, 3.05) is 38.6 Å². The van der Waals surface area contributed by atoms with Gasteiger partial charge in [0.25, 0.3) is 0 Å². The van der Waals surface area contributed by atoms with Crippen molar-refractivity contribution in [1.82, 2.24) is 9.80 Å². The van der Waals surface area contributed by atoms with Crippen LogP contribution in [0.2, 0.25) is 0 Å². The van der Waals surface area contributed by atoms with Crippen LogP contribution in [0.3, 0.4) is 0 Å². The first-order chi connectivity index (χ1) is 13.2. The van der Waals surface area contributed by atoms with E-state index in [0.29, 0.717) is 6.04 Å². The maximum Gasteiger partial charge on any atom is 0.321 e. The molecule has 2 aromatic carbocycles. The van der Waals surface area contributed by atoms with Gasteiger partial charge in [-0.05, 0) is 43.3 Å². The van der Waals surface area contributed by atoms with Crippen LogP contribution in [0.5, 0.6) is 5.75 Å². The number of likely N-dealkylation sites (tertiary alicyclic amines) is 1. The number of nitrogens with one attached hydrogen (secondary N) is 1. The highest BCUT2D eigenvalue weighted by Crippen LogP contribution is 2.31. The zero-order chi connectivity index (χ0) is 19.2. The van der Waals surface area contributed by atoms with E-state index in [9.17, 15) is 4.79 Å². The average Bonchev–Trinajstić information content (AvgIpc) is 3.19. The van der Waals surface area contributed by atoms with Crippen molar-refractivity contribution in [3.63, 3.8) is 0 Å². The van der Waals surface area contributed by atoms with Crippen LogP contribution in [0.1, 0.15) is 20.3 Å². The molecule has 1 aliphatic heterocycles. The quantitative estimate of drug-likeness (QED) is 0.827. The third kappa shape index (κ3) is 4.42. The second-order valence-corrected chi connectivity index (χ2v) is 6.82. The number of likely N-dealkylation sites (N-methyl/N-ethyl adjacent to an activating group) is 1. The second kappa shape index (κ2) is 8.91. The van der Waals surface area contributed by atoms with Gasteiger partial charge in [0, 0.05) is 30.4 Å². The average molecular weight is 367 g/mol. The van der Waals surface area contributed by atoms with E-state index >= 15 is 0 Å². The van der Waals surface area contributed by atoms with Crippen LogP contribution in [0.4, 0.5) is 10.5 Å². The Labute approximate surface area is 161 Å². The molecule has 1 fully saturated rings. The molecule has 1 heterocycles. The normalized spacial score (nSPS) is 16.6. The molecule has 0 aromatic heterocycles. The highest BCUT2D eigenvalue weighted by molar-refractivity contribution is 5.90. The number of amides is 2. The topological polar surface area (TPSA) is 44.8 Å². The number of para-hydroxylation sites is 1. The molecule has 0 saturated carbocycles. The van der Waals surface area contributed by atoms with Gasteiger partial charge in [0.15, 0.2) is 0 Å². The smallest absolute Gasteiger partial charge is 0.321 e. The van der Waals surface area contributed by atoms with E-state index in [4.69, 9.17) is 4.74 Å². The Morgan fingerprint density at radius 1 is 1.19 bits per heavy atom. The van der Waals surface area contributed by atoms with Gasteiger partial charge in [0.2, 0.25) is 0 Å². The largest absolute Gasteiger partial charge is 0.496 e. The van der Waals surface area contributed by atoms with Crippen LogP contribution in [0, 0.1) is 0 Å². The number of rotatable bonds is 6. The zero-order valence-electron chi connectivity index (χ0n) is 16.4. The molecule has 3 rings (SSSR count). The number of hydrogen-bond acceptors (Lipinski definition) is 3. The molecule has 0 bridgehead atoms. The van der Waals surface area contributed by atoms with Crippen molar-refractivity contribution in [2.24, 2.45) is 0 Å². The Morgan fingerprint density at radius 2 is 1.96 bits per heavy atom. The van der Waals surface area contributed by atoms with Gasteiger partial charge in [0.1, 0.15) is 5.75 Å². The summed E-state index contributed by atoms with van der Waals surface area (Å²) in [6, 6.07) is 16.2. The monoisotopic (exact) mass is 367 g/mol. The van der Waals surface area contributed by atoms with Crippen molar-refractivity contribution in [1.29, 1.82) is 0 Å². The van der Waals surface area contributed by atoms with E-state index in [1.165, 1.54) is 0 Å². The first-order valence-corrected chi connectivity index (χ1v) is 9.69. The van der Waals surface area contributed by atoms with Gasteiger partial charge in [-0.3, -0.25) is 4.90 Å². The van der Waals surface area contributed by atoms with Crippen LogP contribution in [-0.2, 0) is 0 Å². The molecule has 1 N–H and O–H groups in total. The number of hydrogen-bond donors (Lipinski definition) is 1. The van der Waals surface area contributed by atoms with Crippen LogP contribution in [0.25, 0.3) is 11.1 Å². The minimum absolute atomic E-state index is 0.0261. The molecule has 0 unspecified atom stereocenters. The highest BCUT2D eigenvalue weighted by Gasteiger charge is 2.29. The molecular formula is C22H29N3O2. The Balaban J connectivity index is 1.69. The van der Waals surface area contributed by atoms with Crippen molar-refractivity contribution in [2.45, 2.75) is 26.3 Å². The van der Waals surface area contributed by atoms with E-state index in [0.717, 1.165) is 55.2 Å². The lowest BCUT2D eigenvalue weighted by Gasteiger charge is -2.26. The van der Waals surface area contributed by atoms with E-state index in [-0.39, 0.29) is 6.03 Å². The summed E-state index contributed by atoms with van der Waals surface area (Å²) in [4.78, 5) is 17.0. The van der Waals surface area contributed by atoms with E-state index < -0.39 is 0 Å². The third-order valence-electron chi connectivity index (χ3n) is 5.31. The minimum Gasteiger partial charge on any atom is -0.496 e. The zero-order valence-corrected chi connectivity index (χ0v) is 16.4. The summed E-state index contributed by atoms with van der Waals surface area (Å²) < 4.78 is 5.46. The number of urea groups is 1. The van der Waals surface area contributed by atoms with Crippen LogP contribution in [0.15, 0.2) is 48.5 Å². The maximum atomic E-state index is 12.7. The SMILES string of the molecule is CCN(CC)[C@@H]1CCN(C(=O)Nc2cccc(-c3ccccc3OC)c2)C1. The Bertz CT molecular complexity index is 774. The van der Waals surface area contributed by atoms with Gasteiger partial charge in [-0.1, -0.05) is 44.2 Å². The number of carbonyl (C=O) groups excluding carboxylic acids is 1. The van der Waals surface area contributed by atoms with Crippen molar-refractivity contribution in [3.05, 3.63) is 48.5 Å². The number of benzene rings is 2. The molecule has 0 radical (unpaired) electrons. The number of nitrogens with zero attached hydrogens (tertiary/aromatic N) is 2. The molecule has 0 aliphatic carbocycles. The van der Waals surface area contributed by atoms with Crippen LogP contribution < -0.4 is 10.1 Å². The summed E-state index contributed by atoms with van der Waals surface area (Å²) in [5.74, 6) is 0.822. The number of ether oxygens (including phenoxy) is 1. The Morgan fingerprint density at radius 3 is 2.70 bits per heavy atom. The lowest BCUT2D eigenvalue weighted by Crippen LogP contribution is -2.39. The summed E-state index contributed by atoms with van der Waals surface area (Å²) >= 11 is 0. The summed E-state index contributed by atoms with van der Waals surface area (Å²) in [5, 5.41) is 3.05. The molecule has 27 heavy (non-hydrogen) atoms. The van der Waals surface area contributed by atoms with Gasteiger partial charge in [0.05, 0.1) is 7.11 Å². The molecule has 144 valence electrons. The fourth-order valence-electron chi connectivity index (χ4n) is 3.81. The van der Waals surface area contributed by atoms with Gasteiger partial charge in [-0.2, -0.15) is 0 Å². The third-order valence-corrected chi connectivity index (χ3v) is 5.31. The van der Waals surface area contributed by atoms with Gasteiger partial charge < -0.3 is 15.0 Å². The molecule has 5 heteroatoms. The summed E-state index contributed by atoms with van der Waals surface area (Å²) in [6.07, 6.45) is 1.04. The van der Waals surface area contributed by atoms with E-state index in [1.54, 1.807) is 7.11 Å². The van der Waals surface area contributed by atoms with E-state index in [2.05, 4.69) is 24.1 Å². The molecule has 5 nitrogen and oxygen atoms in total. The molecule has 2 amide bonds. The van der Waals surface area contributed by atoms with Crippen molar-refractivity contribution >= 4 is 11.7 Å². The predicted octanol–water partition coefficient (Wildman–Crippen LogP) is 4.31.